The summed E-state index contributed by atoms with van der Waals surface area (Å²) in [6, 6.07) is 5.70. The van der Waals surface area contributed by atoms with Crippen LogP contribution in [-0.4, -0.2) is 44.3 Å². The molecule has 1 atom stereocenters. The van der Waals surface area contributed by atoms with Gasteiger partial charge in [-0.25, -0.2) is 9.78 Å². The molecule has 0 saturated heterocycles. The zero-order valence-electron chi connectivity index (χ0n) is 17.0. The van der Waals surface area contributed by atoms with Crippen LogP contribution < -0.4 is 19.9 Å². The SMILES string of the molecule is COC(=O)c1sc2nc(C[NH+](C)Cc3ccc(OC)cc3OC)[nH]c(=O)c2c1C. The Balaban J connectivity index is 1.85. The Hall–Kier alpha value is -2.91. The lowest BCUT2D eigenvalue weighted by atomic mass is 10.1. The van der Waals surface area contributed by atoms with E-state index < -0.39 is 5.97 Å². The average molecular weight is 418 g/mol. The van der Waals surface area contributed by atoms with Gasteiger partial charge in [-0.1, -0.05) is 0 Å². The number of nitrogens with one attached hydrogen (secondary N) is 2. The summed E-state index contributed by atoms with van der Waals surface area (Å²) in [7, 11) is 6.56. The molecule has 0 aliphatic rings. The number of nitrogens with zero attached hydrogens (tertiary/aromatic N) is 1. The summed E-state index contributed by atoms with van der Waals surface area (Å²) in [5, 5.41) is 0.439. The molecule has 0 aliphatic carbocycles. The smallest absolute Gasteiger partial charge is 0.348 e. The van der Waals surface area contributed by atoms with Gasteiger partial charge in [0.25, 0.3) is 5.56 Å². The summed E-state index contributed by atoms with van der Waals surface area (Å²) in [5.74, 6) is 1.58. The minimum absolute atomic E-state index is 0.247. The maximum atomic E-state index is 12.6. The van der Waals surface area contributed by atoms with Crippen molar-refractivity contribution >= 4 is 27.5 Å². The van der Waals surface area contributed by atoms with E-state index in [0.29, 0.717) is 39.6 Å². The number of aryl methyl sites for hydroxylation is 1. The van der Waals surface area contributed by atoms with Gasteiger partial charge in [0.05, 0.1) is 33.8 Å². The number of H-pyrrole nitrogens is 1. The average Bonchev–Trinajstić information content (AvgIpc) is 3.04. The van der Waals surface area contributed by atoms with E-state index in [0.717, 1.165) is 22.0 Å². The summed E-state index contributed by atoms with van der Waals surface area (Å²) < 4.78 is 15.5. The number of carbonyl (C=O) groups excluding carboxylic acids is 1. The van der Waals surface area contributed by atoms with E-state index in [2.05, 4.69) is 9.97 Å². The molecule has 0 fully saturated rings. The maximum Gasteiger partial charge on any atom is 0.348 e. The second kappa shape index (κ2) is 8.62. The van der Waals surface area contributed by atoms with Crippen molar-refractivity contribution in [2.24, 2.45) is 0 Å². The highest BCUT2D eigenvalue weighted by molar-refractivity contribution is 7.20. The molecule has 2 aromatic heterocycles. The normalized spacial score (nSPS) is 12.0. The van der Waals surface area contributed by atoms with Gasteiger partial charge < -0.3 is 24.1 Å². The maximum absolute atomic E-state index is 12.6. The molecule has 3 rings (SSSR count). The molecule has 0 radical (unpaired) electrons. The predicted molar refractivity (Wildman–Crippen MR) is 110 cm³/mol. The fraction of sp³-hybridized carbons (Fsp3) is 0.350. The number of rotatable bonds is 7. The number of fused-ring (bicyclic) bond motifs is 1. The lowest BCUT2D eigenvalue weighted by Crippen LogP contribution is -3.06. The zero-order valence-corrected chi connectivity index (χ0v) is 17.9. The molecule has 0 amide bonds. The minimum atomic E-state index is -0.458. The molecule has 2 heterocycles. The first-order valence-electron chi connectivity index (χ1n) is 9.00. The van der Waals surface area contributed by atoms with E-state index in [-0.39, 0.29) is 5.56 Å². The van der Waals surface area contributed by atoms with Crippen LogP contribution in [-0.2, 0) is 17.8 Å². The second-order valence-corrected chi connectivity index (χ2v) is 7.73. The van der Waals surface area contributed by atoms with Crippen molar-refractivity contribution < 1.29 is 23.9 Å². The molecule has 2 N–H and O–H groups in total. The summed E-state index contributed by atoms with van der Waals surface area (Å²) >= 11 is 1.18. The van der Waals surface area contributed by atoms with Crippen molar-refractivity contribution in [3.8, 4) is 11.5 Å². The molecule has 0 spiro atoms. The van der Waals surface area contributed by atoms with E-state index in [1.54, 1.807) is 21.1 Å². The highest BCUT2D eigenvalue weighted by Crippen LogP contribution is 2.27. The lowest BCUT2D eigenvalue weighted by molar-refractivity contribution is -0.908. The molecule has 8 nitrogen and oxygen atoms in total. The highest BCUT2D eigenvalue weighted by Gasteiger charge is 2.20. The van der Waals surface area contributed by atoms with Crippen molar-refractivity contribution in [2.45, 2.75) is 20.0 Å². The van der Waals surface area contributed by atoms with Crippen LogP contribution in [0, 0.1) is 6.92 Å². The van der Waals surface area contributed by atoms with Crippen LogP contribution in [0.1, 0.15) is 26.6 Å². The standard InChI is InChI=1S/C20H23N3O5S/c1-11-16-18(24)21-15(22-19(16)29-17(11)20(25)28-5)10-23(2)9-12-6-7-13(26-3)8-14(12)27-4/h6-8H,9-10H2,1-5H3,(H,21,22,24)/p+1. The van der Waals surface area contributed by atoms with Crippen LogP contribution in [0.3, 0.4) is 0 Å². The van der Waals surface area contributed by atoms with Crippen molar-refractivity contribution in [3.63, 3.8) is 0 Å². The molecule has 0 saturated carbocycles. The van der Waals surface area contributed by atoms with Gasteiger partial charge in [0.15, 0.2) is 5.82 Å². The highest BCUT2D eigenvalue weighted by atomic mass is 32.1. The first-order chi connectivity index (χ1) is 13.9. The van der Waals surface area contributed by atoms with Gasteiger partial charge in [0, 0.05) is 11.6 Å². The number of aromatic nitrogens is 2. The molecule has 1 unspecified atom stereocenters. The summed E-state index contributed by atoms with van der Waals surface area (Å²) in [4.78, 5) is 33.9. The Morgan fingerprint density at radius 3 is 2.62 bits per heavy atom. The molecule has 29 heavy (non-hydrogen) atoms. The third kappa shape index (κ3) is 4.25. The summed E-state index contributed by atoms with van der Waals surface area (Å²) in [6.07, 6.45) is 0. The Kier molecular flexibility index (Phi) is 6.19. The molecular formula is C20H24N3O5S+. The van der Waals surface area contributed by atoms with Crippen molar-refractivity contribution in [3.05, 3.63) is 50.4 Å². The molecule has 1 aromatic carbocycles. The summed E-state index contributed by atoms with van der Waals surface area (Å²) in [6.45, 7) is 2.91. The zero-order chi connectivity index (χ0) is 21.1. The Labute approximate surface area is 172 Å². The number of hydrogen-bond donors (Lipinski definition) is 2. The first-order valence-corrected chi connectivity index (χ1v) is 9.82. The van der Waals surface area contributed by atoms with Crippen molar-refractivity contribution in [1.82, 2.24) is 9.97 Å². The minimum Gasteiger partial charge on any atom is -0.497 e. The molecular weight excluding hydrogens is 394 g/mol. The fourth-order valence-corrected chi connectivity index (χ4v) is 4.35. The number of carbonyl (C=O) groups is 1. The molecule has 154 valence electrons. The van der Waals surface area contributed by atoms with Crippen LogP contribution >= 0.6 is 11.3 Å². The van der Waals surface area contributed by atoms with Gasteiger partial charge in [0.2, 0.25) is 0 Å². The molecule has 9 heteroatoms. The van der Waals surface area contributed by atoms with E-state index in [9.17, 15) is 9.59 Å². The largest absolute Gasteiger partial charge is 0.497 e. The molecule has 0 aliphatic heterocycles. The third-order valence-electron chi connectivity index (χ3n) is 4.68. The molecule has 0 bridgehead atoms. The van der Waals surface area contributed by atoms with Crippen molar-refractivity contribution in [1.29, 1.82) is 0 Å². The number of ether oxygens (including phenoxy) is 3. The fourth-order valence-electron chi connectivity index (χ4n) is 3.23. The number of hydrogen-bond acceptors (Lipinski definition) is 7. The number of benzene rings is 1. The van der Waals surface area contributed by atoms with E-state index in [4.69, 9.17) is 14.2 Å². The monoisotopic (exact) mass is 418 g/mol. The third-order valence-corrected chi connectivity index (χ3v) is 5.84. The van der Waals surface area contributed by atoms with E-state index in [1.165, 1.54) is 18.4 Å². The second-order valence-electron chi connectivity index (χ2n) is 6.73. The van der Waals surface area contributed by atoms with Gasteiger partial charge in [0.1, 0.15) is 34.3 Å². The van der Waals surface area contributed by atoms with Crippen LogP contribution in [0.5, 0.6) is 11.5 Å². The number of quaternary nitrogens is 1. The Bertz CT molecular complexity index is 1110. The van der Waals surface area contributed by atoms with Gasteiger partial charge in [-0.15, -0.1) is 11.3 Å². The first kappa shape index (κ1) is 20.8. The summed E-state index contributed by atoms with van der Waals surface area (Å²) in [5.41, 5.74) is 1.37. The van der Waals surface area contributed by atoms with Crippen LogP contribution in [0.4, 0.5) is 0 Å². The van der Waals surface area contributed by atoms with Crippen LogP contribution in [0.15, 0.2) is 23.0 Å². The van der Waals surface area contributed by atoms with Crippen LogP contribution in [0.2, 0.25) is 0 Å². The number of esters is 1. The topological polar surface area (TPSA) is 94.9 Å². The number of aromatic amines is 1. The van der Waals surface area contributed by atoms with Gasteiger partial charge in [-0.3, -0.25) is 4.79 Å². The van der Waals surface area contributed by atoms with E-state index >= 15 is 0 Å². The lowest BCUT2D eigenvalue weighted by Gasteiger charge is -2.16. The van der Waals surface area contributed by atoms with Crippen molar-refractivity contribution in [2.75, 3.05) is 28.4 Å². The Morgan fingerprint density at radius 1 is 1.21 bits per heavy atom. The number of thiophene rings is 1. The van der Waals surface area contributed by atoms with Gasteiger partial charge in [-0.05, 0) is 24.6 Å². The van der Waals surface area contributed by atoms with Gasteiger partial charge >= 0.3 is 5.97 Å². The quantitative estimate of drug-likeness (QED) is 0.562. The van der Waals surface area contributed by atoms with Gasteiger partial charge in [-0.2, -0.15) is 0 Å². The van der Waals surface area contributed by atoms with Crippen LogP contribution in [0.25, 0.3) is 10.2 Å². The predicted octanol–water partition coefficient (Wildman–Crippen LogP) is 1.31. The van der Waals surface area contributed by atoms with E-state index in [1.807, 2.05) is 25.2 Å². The number of methoxy groups -OCH3 is 3. The Morgan fingerprint density at radius 2 is 1.97 bits per heavy atom. The molecule has 3 aromatic rings.